The van der Waals surface area contributed by atoms with Gasteiger partial charge < -0.3 is 10.3 Å². The van der Waals surface area contributed by atoms with Crippen LogP contribution in [-0.4, -0.2) is 14.9 Å². The minimum absolute atomic E-state index is 0.0360. The van der Waals surface area contributed by atoms with Gasteiger partial charge in [-0.05, 0) is 24.3 Å². The van der Waals surface area contributed by atoms with Crippen LogP contribution in [0.25, 0.3) is 11.0 Å². The van der Waals surface area contributed by atoms with E-state index in [4.69, 9.17) is 0 Å². The molecule has 0 aliphatic rings. The first kappa shape index (κ1) is 12.6. The van der Waals surface area contributed by atoms with Crippen LogP contribution >= 0.6 is 15.9 Å². The van der Waals surface area contributed by atoms with Crippen LogP contribution in [0.2, 0.25) is 0 Å². The third-order valence-corrected chi connectivity index (χ3v) is 3.26. The summed E-state index contributed by atoms with van der Waals surface area (Å²) in [6.45, 7) is 0. The van der Waals surface area contributed by atoms with Crippen molar-refractivity contribution >= 4 is 44.3 Å². The molecule has 0 saturated carbocycles. The number of H-pyrrole nitrogens is 1. The van der Waals surface area contributed by atoms with Crippen molar-refractivity contribution < 1.29 is 4.92 Å². The second kappa shape index (κ2) is 4.93. The van der Waals surface area contributed by atoms with Gasteiger partial charge in [-0.25, -0.2) is 4.98 Å². The molecule has 0 spiro atoms. The molecule has 1 aromatic heterocycles. The number of nitrogens with zero attached hydrogens (tertiary/aromatic N) is 2. The molecule has 0 fully saturated rings. The lowest BCUT2D eigenvalue weighted by Crippen LogP contribution is -1.94. The molecule has 6 nitrogen and oxygen atoms in total. The maximum absolute atomic E-state index is 10.7. The van der Waals surface area contributed by atoms with Crippen molar-refractivity contribution in [3.63, 3.8) is 0 Å². The summed E-state index contributed by atoms with van der Waals surface area (Å²) in [7, 11) is 0. The van der Waals surface area contributed by atoms with Crippen LogP contribution < -0.4 is 5.32 Å². The molecule has 3 aromatic rings. The molecule has 0 bridgehead atoms. The molecule has 0 saturated heterocycles. The zero-order valence-corrected chi connectivity index (χ0v) is 11.7. The summed E-state index contributed by atoms with van der Waals surface area (Å²) in [5.74, 6) is 0.540. The van der Waals surface area contributed by atoms with E-state index in [0.717, 1.165) is 15.5 Å². The lowest BCUT2D eigenvalue weighted by molar-refractivity contribution is -0.384. The second-order valence-electron chi connectivity index (χ2n) is 4.18. The van der Waals surface area contributed by atoms with Crippen LogP contribution in [0.5, 0.6) is 0 Å². The number of nitro groups is 1. The molecule has 20 heavy (non-hydrogen) atoms. The van der Waals surface area contributed by atoms with E-state index in [2.05, 4.69) is 31.2 Å². The highest BCUT2D eigenvalue weighted by Crippen LogP contribution is 2.23. The molecule has 0 amide bonds. The van der Waals surface area contributed by atoms with Crippen molar-refractivity contribution in [2.24, 2.45) is 0 Å². The SMILES string of the molecule is O=[N+]([O-])c1cccc(Nc2nc3ccc(Br)cc3[nH]2)c1. The first-order valence-electron chi connectivity index (χ1n) is 5.78. The molecule has 0 radical (unpaired) electrons. The van der Waals surface area contributed by atoms with E-state index in [9.17, 15) is 10.1 Å². The van der Waals surface area contributed by atoms with E-state index < -0.39 is 4.92 Å². The number of nitro benzene ring substituents is 1. The van der Waals surface area contributed by atoms with Gasteiger partial charge in [0.2, 0.25) is 5.95 Å². The number of nitrogens with one attached hydrogen (secondary N) is 2. The van der Waals surface area contributed by atoms with Gasteiger partial charge in [0.25, 0.3) is 5.69 Å². The first-order valence-corrected chi connectivity index (χ1v) is 6.58. The zero-order chi connectivity index (χ0) is 14.1. The molecule has 2 N–H and O–H groups in total. The summed E-state index contributed by atoms with van der Waals surface area (Å²) in [6, 6.07) is 12.0. The van der Waals surface area contributed by atoms with E-state index >= 15 is 0 Å². The van der Waals surface area contributed by atoms with Crippen molar-refractivity contribution in [3.05, 3.63) is 57.1 Å². The number of anilines is 2. The van der Waals surface area contributed by atoms with Crippen LogP contribution in [0, 0.1) is 10.1 Å². The van der Waals surface area contributed by atoms with Crippen LogP contribution in [0.1, 0.15) is 0 Å². The lowest BCUT2D eigenvalue weighted by atomic mass is 10.3. The van der Waals surface area contributed by atoms with Gasteiger partial charge in [-0.15, -0.1) is 0 Å². The van der Waals surface area contributed by atoms with Gasteiger partial charge >= 0.3 is 0 Å². The van der Waals surface area contributed by atoms with Crippen molar-refractivity contribution in [2.75, 3.05) is 5.32 Å². The molecule has 0 aliphatic carbocycles. The minimum atomic E-state index is -0.430. The lowest BCUT2D eigenvalue weighted by Gasteiger charge is -2.01. The molecule has 3 rings (SSSR count). The number of rotatable bonds is 3. The summed E-state index contributed by atoms with van der Waals surface area (Å²) in [5.41, 5.74) is 2.35. The second-order valence-corrected chi connectivity index (χ2v) is 5.09. The maximum Gasteiger partial charge on any atom is 0.271 e. The summed E-state index contributed by atoms with van der Waals surface area (Å²) >= 11 is 3.39. The number of hydrogen-bond donors (Lipinski definition) is 2. The molecule has 0 aliphatic heterocycles. The zero-order valence-electron chi connectivity index (χ0n) is 10.1. The normalized spacial score (nSPS) is 10.7. The molecular weight excluding hydrogens is 324 g/mol. The summed E-state index contributed by atoms with van der Waals surface area (Å²) in [4.78, 5) is 17.8. The van der Waals surface area contributed by atoms with Crippen molar-refractivity contribution in [1.29, 1.82) is 0 Å². The standard InChI is InChI=1S/C13H9BrN4O2/c14-8-4-5-11-12(6-8)17-13(16-11)15-9-2-1-3-10(7-9)18(19)20/h1-7H,(H2,15,16,17). The average molecular weight is 333 g/mol. The molecule has 0 unspecified atom stereocenters. The third kappa shape index (κ3) is 2.48. The van der Waals surface area contributed by atoms with Gasteiger partial charge in [0.05, 0.1) is 16.0 Å². The van der Waals surface area contributed by atoms with E-state index in [-0.39, 0.29) is 5.69 Å². The van der Waals surface area contributed by atoms with Crippen molar-refractivity contribution in [1.82, 2.24) is 9.97 Å². The van der Waals surface area contributed by atoms with Gasteiger partial charge in [0.1, 0.15) is 0 Å². The number of hydrogen-bond acceptors (Lipinski definition) is 4. The van der Waals surface area contributed by atoms with E-state index in [1.807, 2.05) is 18.2 Å². The highest BCUT2D eigenvalue weighted by atomic mass is 79.9. The number of non-ortho nitro benzene ring substituents is 1. The number of aromatic amines is 1. The topological polar surface area (TPSA) is 83.8 Å². The van der Waals surface area contributed by atoms with Gasteiger partial charge in [0.15, 0.2) is 0 Å². The van der Waals surface area contributed by atoms with Gasteiger partial charge in [-0.1, -0.05) is 22.0 Å². The number of halogens is 1. The number of aromatic nitrogens is 2. The quantitative estimate of drug-likeness (QED) is 0.561. The molecule has 1 heterocycles. The molecule has 7 heteroatoms. The Balaban J connectivity index is 1.92. The first-order chi connectivity index (χ1) is 9.61. The fourth-order valence-electron chi connectivity index (χ4n) is 1.87. The van der Waals surface area contributed by atoms with Crippen LogP contribution in [0.15, 0.2) is 46.9 Å². The molecular formula is C13H9BrN4O2. The Morgan fingerprint density at radius 3 is 2.90 bits per heavy atom. The monoisotopic (exact) mass is 332 g/mol. The summed E-state index contributed by atoms with van der Waals surface area (Å²) < 4.78 is 0.954. The number of imidazole rings is 1. The molecule has 100 valence electrons. The number of fused-ring (bicyclic) bond motifs is 1. The highest BCUT2D eigenvalue weighted by molar-refractivity contribution is 9.10. The van der Waals surface area contributed by atoms with Gasteiger partial charge in [-0.2, -0.15) is 0 Å². The third-order valence-electron chi connectivity index (χ3n) is 2.76. The Kier molecular flexibility index (Phi) is 3.11. The van der Waals surface area contributed by atoms with Gasteiger partial charge in [-0.3, -0.25) is 10.1 Å². The molecule has 2 aromatic carbocycles. The van der Waals surface area contributed by atoms with E-state index in [1.54, 1.807) is 12.1 Å². The smallest absolute Gasteiger partial charge is 0.271 e. The minimum Gasteiger partial charge on any atom is -0.326 e. The van der Waals surface area contributed by atoms with E-state index in [0.29, 0.717) is 11.6 Å². The predicted molar refractivity (Wildman–Crippen MR) is 80.2 cm³/mol. The average Bonchev–Trinajstić information content (AvgIpc) is 2.80. The fraction of sp³-hybridized carbons (Fsp3) is 0. The Bertz CT molecular complexity index is 800. The summed E-state index contributed by atoms with van der Waals surface area (Å²) in [6.07, 6.45) is 0. The Hall–Kier alpha value is -2.41. The van der Waals surface area contributed by atoms with Crippen LogP contribution in [0.4, 0.5) is 17.3 Å². The predicted octanol–water partition coefficient (Wildman–Crippen LogP) is 3.98. The largest absolute Gasteiger partial charge is 0.326 e. The summed E-state index contributed by atoms with van der Waals surface area (Å²) in [5, 5.41) is 13.8. The van der Waals surface area contributed by atoms with Crippen molar-refractivity contribution in [3.8, 4) is 0 Å². The van der Waals surface area contributed by atoms with Crippen molar-refractivity contribution in [2.45, 2.75) is 0 Å². The van der Waals surface area contributed by atoms with Crippen LogP contribution in [0.3, 0.4) is 0 Å². The number of benzene rings is 2. The Labute approximate surface area is 122 Å². The fourth-order valence-corrected chi connectivity index (χ4v) is 2.24. The highest BCUT2D eigenvalue weighted by Gasteiger charge is 2.07. The van der Waals surface area contributed by atoms with Gasteiger partial charge in [0, 0.05) is 22.3 Å². The van der Waals surface area contributed by atoms with E-state index in [1.165, 1.54) is 12.1 Å². The Morgan fingerprint density at radius 1 is 1.25 bits per heavy atom. The van der Waals surface area contributed by atoms with Crippen LogP contribution in [-0.2, 0) is 0 Å². The Morgan fingerprint density at radius 2 is 2.10 bits per heavy atom. The molecule has 0 atom stereocenters. The maximum atomic E-state index is 10.7.